The van der Waals surface area contributed by atoms with Gasteiger partial charge in [0.05, 0.1) is 4.90 Å². The minimum Gasteiger partial charge on any atom is -0.327 e. The van der Waals surface area contributed by atoms with Crippen LogP contribution >= 0.6 is 15.9 Å². The number of rotatable bonds is 2. The molecule has 1 aliphatic rings. The molecule has 1 fully saturated rings. The fraction of sp³-hybridized carbons (Fsp3) is 0.500. The predicted octanol–water partition coefficient (Wildman–Crippen LogP) is 1.81. The second-order valence-electron chi connectivity index (χ2n) is 4.72. The Bertz CT molecular complexity index is 533. The van der Waals surface area contributed by atoms with Crippen LogP contribution in [0.3, 0.4) is 0 Å². The molecule has 0 radical (unpaired) electrons. The fourth-order valence-electron chi connectivity index (χ4n) is 2.14. The third kappa shape index (κ3) is 2.61. The van der Waals surface area contributed by atoms with Gasteiger partial charge in [-0.2, -0.15) is 4.31 Å². The molecule has 0 amide bonds. The summed E-state index contributed by atoms with van der Waals surface area (Å²) in [6.45, 7) is 2.98. The topological polar surface area (TPSA) is 63.4 Å². The van der Waals surface area contributed by atoms with E-state index in [-0.39, 0.29) is 12.0 Å². The van der Waals surface area contributed by atoms with Gasteiger partial charge in [0, 0.05) is 23.6 Å². The van der Waals surface area contributed by atoms with E-state index in [4.69, 9.17) is 5.73 Å². The number of piperidine rings is 1. The Morgan fingerprint density at radius 3 is 2.67 bits per heavy atom. The van der Waals surface area contributed by atoms with Crippen molar-refractivity contribution >= 4 is 26.0 Å². The van der Waals surface area contributed by atoms with E-state index in [2.05, 4.69) is 15.9 Å². The molecule has 0 spiro atoms. The van der Waals surface area contributed by atoms with Crippen molar-refractivity contribution in [3.8, 4) is 0 Å². The normalized spacial score (nSPS) is 26.2. The lowest BCUT2D eigenvalue weighted by Gasteiger charge is -2.34. The van der Waals surface area contributed by atoms with Gasteiger partial charge in [-0.3, -0.25) is 0 Å². The summed E-state index contributed by atoms with van der Waals surface area (Å²) in [6, 6.07) is 7.00. The van der Waals surface area contributed by atoms with E-state index >= 15 is 0 Å². The van der Waals surface area contributed by atoms with E-state index in [9.17, 15) is 8.42 Å². The number of nitrogens with two attached hydrogens (primary N) is 1. The highest BCUT2D eigenvalue weighted by atomic mass is 79.9. The monoisotopic (exact) mass is 332 g/mol. The first-order valence-corrected chi connectivity index (χ1v) is 8.16. The minimum atomic E-state index is -3.42. The second-order valence-corrected chi connectivity index (χ2v) is 7.48. The molecule has 6 heteroatoms. The maximum Gasteiger partial charge on any atom is 0.244 e. The van der Waals surface area contributed by atoms with Crippen molar-refractivity contribution in [2.75, 3.05) is 13.1 Å². The van der Waals surface area contributed by atoms with Crippen LogP contribution in [-0.4, -0.2) is 31.9 Å². The van der Waals surface area contributed by atoms with Gasteiger partial charge in [0.1, 0.15) is 0 Å². The van der Waals surface area contributed by atoms with Crippen molar-refractivity contribution in [3.05, 3.63) is 28.7 Å². The predicted molar refractivity (Wildman–Crippen MR) is 74.7 cm³/mol. The molecular weight excluding hydrogens is 316 g/mol. The number of benzene rings is 1. The van der Waals surface area contributed by atoms with E-state index in [1.165, 1.54) is 4.31 Å². The van der Waals surface area contributed by atoms with Gasteiger partial charge in [0.2, 0.25) is 10.0 Å². The lowest BCUT2D eigenvalue weighted by Crippen LogP contribution is -2.48. The Balaban J connectivity index is 2.30. The molecule has 2 N–H and O–H groups in total. The molecule has 100 valence electrons. The smallest absolute Gasteiger partial charge is 0.244 e. The standard InChI is InChI=1S/C12H17BrN2O2S/c1-9-8-15(7-6-11(9)14)18(16,17)12-5-3-2-4-10(12)13/h2-5,9,11H,6-8,14H2,1H3. The SMILES string of the molecule is CC1CN(S(=O)(=O)c2ccccc2Br)CCC1N. The van der Waals surface area contributed by atoms with E-state index < -0.39 is 10.0 Å². The van der Waals surface area contributed by atoms with Crippen LogP contribution in [0.1, 0.15) is 13.3 Å². The molecule has 2 unspecified atom stereocenters. The molecule has 0 bridgehead atoms. The molecule has 1 aliphatic heterocycles. The van der Waals surface area contributed by atoms with Gasteiger partial charge in [0.25, 0.3) is 0 Å². The van der Waals surface area contributed by atoms with Gasteiger partial charge in [0.15, 0.2) is 0 Å². The fourth-order valence-corrected chi connectivity index (χ4v) is 4.66. The van der Waals surface area contributed by atoms with Crippen LogP contribution in [0.4, 0.5) is 0 Å². The number of nitrogens with zero attached hydrogens (tertiary/aromatic N) is 1. The van der Waals surface area contributed by atoms with Crippen molar-refractivity contribution in [2.45, 2.75) is 24.3 Å². The lowest BCUT2D eigenvalue weighted by atomic mass is 9.96. The first kappa shape index (κ1) is 14.0. The van der Waals surface area contributed by atoms with Crippen LogP contribution in [0.5, 0.6) is 0 Å². The van der Waals surface area contributed by atoms with Crippen LogP contribution in [0.25, 0.3) is 0 Å². The van der Waals surface area contributed by atoms with E-state index in [0.29, 0.717) is 28.9 Å². The van der Waals surface area contributed by atoms with E-state index in [1.807, 2.05) is 6.92 Å². The molecule has 18 heavy (non-hydrogen) atoms. The summed E-state index contributed by atoms with van der Waals surface area (Å²) in [5.74, 6) is 0.191. The highest BCUT2D eigenvalue weighted by molar-refractivity contribution is 9.10. The highest BCUT2D eigenvalue weighted by Gasteiger charge is 2.32. The Morgan fingerprint density at radius 1 is 1.39 bits per heavy atom. The molecule has 2 atom stereocenters. The zero-order valence-electron chi connectivity index (χ0n) is 10.2. The maximum atomic E-state index is 12.5. The minimum absolute atomic E-state index is 0.0932. The van der Waals surface area contributed by atoms with Gasteiger partial charge < -0.3 is 5.73 Å². The molecule has 2 rings (SSSR count). The van der Waals surface area contributed by atoms with Gasteiger partial charge in [-0.25, -0.2) is 8.42 Å². The summed E-state index contributed by atoms with van der Waals surface area (Å²) in [5, 5.41) is 0. The first-order valence-electron chi connectivity index (χ1n) is 5.93. The van der Waals surface area contributed by atoms with E-state index in [0.717, 1.165) is 0 Å². The zero-order chi connectivity index (χ0) is 13.3. The largest absolute Gasteiger partial charge is 0.327 e. The van der Waals surface area contributed by atoms with Gasteiger partial charge in [-0.15, -0.1) is 0 Å². The molecule has 1 aromatic carbocycles. The molecule has 1 aromatic rings. The second kappa shape index (κ2) is 5.28. The molecule has 1 saturated heterocycles. The quantitative estimate of drug-likeness (QED) is 0.898. The van der Waals surface area contributed by atoms with Crippen LogP contribution in [-0.2, 0) is 10.0 Å². The van der Waals surface area contributed by atoms with Gasteiger partial charge >= 0.3 is 0 Å². The van der Waals surface area contributed by atoms with Crippen molar-refractivity contribution < 1.29 is 8.42 Å². The van der Waals surface area contributed by atoms with Crippen LogP contribution < -0.4 is 5.73 Å². The summed E-state index contributed by atoms with van der Waals surface area (Å²) in [4.78, 5) is 0.327. The third-order valence-electron chi connectivity index (χ3n) is 3.39. The average molecular weight is 333 g/mol. The molecular formula is C12H17BrN2O2S. The number of halogens is 1. The Kier molecular flexibility index (Phi) is 4.11. The van der Waals surface area contributed by atoms with Crippen molar-refractivity contribution in [3.63, 3.8) is 0 Å². The summed E-state index contributed by atoms with van der Waals surface area (Å²) < 4.78 is 27.2. The summed E-state index contributed by atoms with van der Waals surface area (Å²) in [5.41, 5.74) is 5.92. The van der Waals surface area contributed by atoms with E-state index in [1.54, 1.807) is 24.3 Å². The Morgan fingerprint density at radius 2 is 2.06 bits per heavy atom. The first-order chi connectivity index (χ1) is 8.43. The summed E-state index contributed by atoms with van der Waals surface area (Å²) >= 11 is 3.30. The molecule has 0 aromatic heterocycles. The highest BCUT2D eigenvalue weighted by Crippen LogP contribution is 2.27. The molecule has 0 aliphatic carbocycles. The lowest BCUT2D eigenvalue weighted by molar-refractivity contribution is 0.250. The van der Waals surface area contributed by atoms with Crippen molar-refractivity contribution in [2.24, 2.45) is 11.7 Å². The third-order valence-corrected chi connectivity index (χ3v) is 6.27. The molecule has 0 saturated carbocycles. The number of hydrogen-bond donors (Lipinski definition) is 1. The maximum absolute atomic E-state index is 12.5. The van der Waals surface area contributed by atoms with Gasteiger partial charge in [-0.05, 0) is 40.4 Å². The zero-order valence-corrected chi connectivity index (χ0v) is 12.6. The number of hydrogen-bond acceptors (Lipinski definition) is 3. The summed E-state index contributed by atoms with van der Waals surface area (Å²) in [6.07, 6.45) is 0.713. The van der Waals surface area contributed by atoms with Crippen LogP contribution in [0.15, 0.2) is 33.6 Å². The average Bonchev–Trinajstić information content (AvgIpc) is 2.33. The van der Waals surface area contributed by atoms with Crippen LogP contribution in [0.2, 0.25) is 0 Å². The van der Waals surface area contributed by atoms with Crippen LogP contribution in [0, 0.1) is 5.92 Å². The summed E-state index contributed by atoms with van der Waals surface area (Å²) in [7, 11) is -3.42. The van der Waals surface area contributed by atoms with Crippen molar-refractivity contribution in [1.29, 1.82) is 0 Å². The molecule has 1 heterocycles. The van der Waals surface area contributed by atoms with Crippen molar-refractivity contribution in [1.82, 2.24) is 4.31 Å². The Hall–Kier alpha value is -0.430. The Labute approximate surface area is 116 Å². The number of sulfonamides is 1. The van der Waals surface area contributed by atoms with Gasteiger partial charge in [-0.1, -0.05) is 19.1 Å². The molecule has 4 nitrogen and oxygen atoms in total.